The Morgan fingerprint density at radius 3 is 3.00 bits per heavy atom. The van der Waals surface area contributed by atoms with Gasteiger partial charge >= 0.3 is 0 Å². The fourth-order valence-electron chi connectivity index (χ4n) is 3.07. The summed E-state index contributed by atoms with van der Waals surface area (Å²) in [4.78, 5) is 8.51. The molecule has 2 aromatic rings. The highest BCUT2D eigenvalue weighted by Crippen LogP contribution is 2.23. The first kappa shape index (κ1) is 22.2. The molecule has 1 aliphatic heterocycles. The van der Waals surface area contributed by atoms with Gasteiger partial charge in [0.05, 0.1) is 12.8 Å². The Bertz CT molecular complexity index is 715. The number of nitrogens with one attached hydrogen (secondary N) is 2. The molecule has 0 saturated carbocycles. The van der Waals surface area contributed by atoms with Crippen LogP contribution in [0.3, 0.4) is 0 Å². The number of guanidine groups is 1. The van der Waals surface area contributed by atoms with E-state index in [1.807, 2.05) is 18.3 Å². The Kier molecular flexibility index (Phi) is 8.59. The predicted molar refractivity (Wildman–Crippen MR) is 121 cm³/mol. The normalized spacial score (nSPS) is 16.9. The molecule has 0 radical (unpaired) electrons. The topological polar surface area (TPSA) is 73.0 Å². The lowest BCUT2D eigenvalue weighted by Gasteiger charge is -2.27. The lowest BCUT2D eigenvalue weighted by molar-refractivity contribution is 0.0437. The first-order valence-electron chi connectivity index (χ1n) is 9.14. The number of fused-ring (bicyclic) bond motifs is 1. The molecule has 2 aromatic heterocycles. The lowest BCUT2D eigenvalue weighted by Crippen LogP contribution is -2.43. The van der Waals surface area contributed by atoms with Gasteiger partial charge in [0.25, 0.3) is 0 Å². The van der Waals surface area contributed by atoms with Gasteiger partial charge in [-0.15, -0.1) is 35.3 Å². The zero-order chi connectivity index (χ0) is 18.4. The third-order valence-corrected chi connectivity index (χ3v) is 5.57. The van der Waals surface area contributed by atoms with Crippen molar-refractivity contribution in [2.45, 2.75) is 32.4 Å². The minimum Gasteiger partial charge on any atom is -0.466 e. The van der Waals surface area contributed by atoms with Gasteiger partial charge in [-0.25, -0.2) is 4.99 Å². The fraction of sp³-hybridized carbons (Fsp3) is 0.526. The number of nitrogens with zero attached hydrogens (tertiary/aromatic N) is 2. The highest BCUT2D eigenvalue weighted by molar-refractivity contribution is 14.0. The number of thiophene rings is 1. The first-order chi connectivity index (χ1) is 12.6. The minimum absolute atomic E-state index is 0. The van der Waals surface area contributed by atoms with Gasteiger partial charge in [-0.2, -0.15) is 0 Å². The lowest BCUT2D eigenvalue weighted by atomic mass is 10.0. The average molecular weight is 504 g/mol. The van der Waals surface area contributed by atoms with Crippen LogP contribution in [0.1, 0.15) is 30.0 Å². The van der Waals surface area contributed by atoms with Gasteiger partial charge in [0.15, 0.2) is 5.96 Å². The molecule has 3 N–H and O–H groups in total. The van der Waals surface area contributed by atoms with E-state index < -0.39 is 5.60 Å². The van der Waals surface area contributed by atoms with E-state index in [4.69, 9.17) is 4.42 Å². The third-order valence-electron chi connectivity index (χ3n) is 4.55. The number of aliphatic hydroxyl groups is 1. The molecule has 150 valence electrons. The molecule has 0 spiro atoms. The van der Waals surface area contributed by atoms with E-state index in [9.17, 15) is 5.11 Å². The largest absolute Gasteiger partial charge is 0.466 e. The zero-order valence-electron chi connectivity index (χ0n) is 15.9. The van der Waals surface area contributed by atoms with Crippen LogP contribution in [0.15, 0.2) is 39.3 Å². The van der Waals surface area contributed by atoms with Crippen molar-refractivity contribution in [1.29, 1.82) is 0 Å². The summed E-state index contributed by atoms with van der Waals surface area (Å²) in [5.41, 5.74) is 0.352. The Hall–Kier alpha value is -1.10. The smallest absolute Gasteiger partial charge is 0.191 e. The molecule has 0 bridgehead atoms. The van der Waals surface area contributed by atoms with Crippen LogP contribution < -0.4 is 10.6 Å². The summed E-state index contributed by atoms with van der Waals surface area (Å²) in [7, 11) is 0. The van der Waals surface area contributed by atoms with E-state index >= 15 is 0 Å². The fourth-order valence-corrected chi connectivity index (χ4v) is 3.96. The molecule has 0 fully saturated rings. The second kappa shape index (κ2) is 10.4. The standard InChI is InChI=1S/C19H28N4O2S.HI/c1-3-20-18(22-14-19(2,24)17-5-4-11-25-17)21-8-10-23-9-6-16-15(13-23)7-12-26-16;/h4-5,7,11-12,24H,3,6,8-10,13-14H2,1-2H3,(H2,20,21,22);1H. The summed E-state index contributed by atoms with van der Waals surface area (Å²) in [6, 6.07) is 5.78. The highest BCUT2D eigenvalue weighted by atomic mass is 127. The van der Waals surface area contributed by atoms with Crippen molar-refractivity contribution < 1.29 is 9.52 Å². The SMILES string of the molecule is CCNC(=NCC(C)(O)c1ccco1)NCCN1CCc2sccc2C1.I. The number of halogens is 1. The van der Waals surface area contributed by atoms with Crippen molar-refractivity contribution in [3.63, 3.8) is 0 Å². The van der Waals surface area contributed by atoms with Crippen LogP contribution in [0.4, 0.5) is 0 Å². The monoisotopic (exact) mass is 504 g/mol. The number of rotatable bonds is 7. The van der Waals surface area contributed by atoms with Crippen LogP contribution >= 0.6 is 35.3 Å². The summed E-state index contributed by atoms with van der Waals surface area (Å²) in [5.74, 6) is 1.24. The van der Waals surface area contributed by atoms with Crippen molar-refractivity contribution in [3.05, 3.63) is 46.0 Å². The van der Waals surface area contributed by atoms with Gasteiger partial charge in [0.2, 0.25) is 0 Å². The Labute approximate surface area is 182 Å². The van der Waals surface area contributed by atoms with Crippen LogP contribution in [0, 0.1) is 0 Å². The van der Waals surface area contributed by atoms with Crippen LogP contribution in [0.2, 0.25) is 0 Å². The number of furan rings is 1. The summed E-state index contributed by atoms with van der Waals surface area (Å²) in [5, 5.41) is 19.3. The number of aliphatic imine (C=N–C) groups is 1. The molecule has 8 heteroatoms. The second-order valence-electron chi connectivity index (χ2n) is 6.77. The molecular formula is C19H29IN4O2S. The van der Waals surface area contributed by atoms with E-state index in [0.717, 1.165) is 39.1 Å². The van der Waals surface area contributed by atoms with Gasteiger partial charge in [-0.1, -0.05) is 0 Å². The maximum atomic E-state index is 10.5. The highest BCUT2D eigenvalue weighted by Gasteiger charge is 2.26. The Morgan fingerprint density at radius 2 is 2.26 bits per heavy atom. The molecule has 0 aromatic carbocycles. The Morgan fingerprint density at radius 1 is 1.41 bits per heavy atom. The van der Waals surface area contributed by atoms with E-state index in [1.54, 1.807) is 25.3 Å². The molecule has 3 rings (SSSR count). The summed E-state index contributed by atoms with van der Waals surface area (Å²) < 4.78 is 5.31. The molecular weight excluding hydrogens is 475 g/mol. The van der Waals surface area contributed by atoms with E-state index in [1.165, 1.54) is 10.4 Å². The Balaban J connectivity index is 0.00000261. The molecule has 0 amide bonds. The van der Waals surface area contributed by atoms with Crippen LogP contribution in [-0.2, 0) is 18.6 Å². The van der Waals surface area contributed by atoms with Crippen LogP contribution in [0.25, 0.3) is 0 Å². The van der Waals surface area contributed by atoms with E-state index in [2.05, 4.69) is 32.0 Å². The van der Waals surface area contributed by atoms with E-state index in [-0.39, 0.29) is 30.5 Å². The first-order valence-corrected chi connectivity index (χ1v) is 10.0. The molecule has 0 aliphatic carbocycles. The van der Waals surface area contributed by atoms with Crippen molar-refractivity contribution in [3.8, 4) is 0 Å². The predicted octanol–water partition coefficient (Wildman–Crippen LogP) is 2.78. The zero-order valence-corrected chi connectivity index (χ0v) is 19.0. The average Bonchev–Trinajstić information content (AvgIpc) is 3.31. The van der Waals surface area contributed by atoms with E-state index in [0.29, 0.717) is 11.7 Å². The second-order valence-corrected chi connectivity index (χ2v) is 7.77. The minimum atomic E-state index is -1.12. The van der Waals surface area contributed by atoms with Gasteiger partial charge in [-0.3, -0.25) is 4.90 Å². The van der Waals surface area contributed by atoms with Crippen molar-refractivity contribution in [2.75, 3.05) is 32.7 Å². The van der Waals surface area contributed by atoms with Gasteiger partial charge in [0, 0.05) is 37.6 Å². The van der Waals surface area contributed by atoms with Crippen LogP contribution in [0.5, 0.6) is 0 Å². The third kappa shape index (κ3) is 6.20. The number of hydrogen-bond donors (Lipinski definition) is 3. The quantitative estimate of drug-likeness (QED) is 0.307. The van der Waals surface area contributed by atoms with Crippen molar-refractivity contribution >= 4 is 41.3 Å². The maximum absolute atomic E-state index is 10.5. The van der Waals surface area contributed by atoms with Gasteiger partial charge in [0.1, 0.15) is 11.4 Å². The molecule has 6 nitrogen and oxygen atoms in total. The van der Waals surface area contributed by atoms with Crippen molar-refractivity contribution in [2.24, 2.45) is 4.99 Å². The van der Waals surface area contributed by atoms with Gasteiger partial charge < -0.3 is 20.2 Å². The molecule has 1 aliphatic rings. The molecule has 3 heterocycles. The number of hydrogen-bond acceptors (Lipinski definition) is 5. The summed E-state index contributed by atoms with van der Waals surface area (Å²) >= 11 is 1.87. The van der Waals surface area contributed by atoms with Crippen LogP contribution in [-0.4, -0.2) is 48.7 Å². The molecule has 27 heavy (non-hydrogen) atoms. The van der Waals surface area contributed by atoms with Gasteiger partial charge in [-0.05, 0) is 49.4 Å². The molecule has 1 unspecified atom stereocenters. The maximum Gasteiger partial charge on any atom is 0.191 e. The van der Waals surface area contributed by atoms with Crippen molar-refractivity contribution in [1.82, 2.24) is 15.5 Å². The molecule has 0 saturated heterocycles. The summed E-state index contributed by atoms with van der Waals surface area (Å²) in [6.07, 6.45) is 2.71. The summed E-state index contributed by atoms with van der Waals surface area (Å²) in [6.45, 7) is 8.67. The molecule has 1 atom stereocenters.